The highest BCUT2D eigenvalue weighted by atomic mass is 32.2. The first-order chi connectivity index (χ1) is 10.9. The van der Waals surface area contributed by atoms with Gasteiger partial charge in [-0.2, -0.15) is 0 Å². The number of hydrogen-bond acceptors (Lipinski definition) is 5. The molecule has 1 unspecified atom stereocenters. The number of aromatic nitrogens is 1. The summed E-state index contributed by atoms with van der Waals surface area (Å²) in [5.74, 6) is 0.671. The van der Waals surface area contributed by atoms with Gasteiger partial charge in [0, 0.05) is 30.0 Å². The van der Waals surface area contributed by atoms with Gasteiger partial charge in [0.1, 0.15) is 0 Å². The van der Waals surface area contributed by atoms with Gasteiger partial charge >= 0.3 is 0 Å². The van der Waals surface area contributed by atoms with Gasteiger partial charge in [0.15, 0.2) is 9.84 Å². The molecule has 6 heteroatoms. The highest BCUT2D eigenvalue weighted by Gasteiger charge is 2.30. The lowest BCUT2D eigenvalue weighted by atomic mass is 10.0. The van der Waals surface area contributed by atoms with Gasteiger partial charge < -0.3 is 5.32 Å². The molecule has 0 radical (unpaired) electrons. The number of sulfone groups is 1. The predicted octanol–water partition coefficient (Wildman–Crippen LogP) is 1.44. The van der Waals surface area contributed by atoms with E-state index in [4.69, 9.17) is 0 Å². The van der Waals surface area contributed by atoms with Gasteiger partial charge in [0.2, 0.25) is 0 Å². The molecular formula is C17H27N3O2S. The average Bonchev–Trinajstić information content (AvgIpc) is 2.83. The summed E-state index contributed by atoms with van der Waals surface area (Å²) < 4.78 is 23.1. The lowest BCUT2D eigenvalue weighted by molar-refractivity contribution is 0.185. The second kappa shape index (κ2) is 6.87. The fourth-order valence-electron chi connectivity index (χ4n) is 3.64. The van der Waals surface area contributed by atoms with Crippen LogP contribution in [0.1, 0.15) is 36.2 Å². The van der Waals surface area contributed by atoms with Crippen molar-refractivity contribution in [1.82, 2.24) is 15.2 Å². The fourth-order valence-corrected chi connectivity index (χ4v) is 5.33. The summed E-state index contributed by atoms with van der Waals surface area (Å²) in [5, 5.41) is 3.56. The summed E-state index contributed by atoms with van der Waals surface area (Å²) in [6, 6.07) is 4.89. The molecule has 1 aromatic heterocycles. The SMILES string of the molecule is Cc1ccc(CN2CCC(NC3CCS(=O)(=O)C3)CC2)c(C)n1. The Balaban J connectivity index is 1.47. The van der Waals surface area contributed by atoms with Crippen LogP contribution in [0.4, 0.5) is 0 Å². The molecular weight excluding hydrogens is 310 g/mol. The van der Waals surface area contributed by atoms with Gasteiger partial charge in [0.05, 0.1) is 11.5 Å². The van der Waals surface area contributed by atoms with Crippen molar-refractivity contribution in [1.29, 1.82) is 0 Å². The van der Waals surface area contributed by atoms with Crippen LogP contribution in [0.3, 0.4) is 0 Å². The van der Waals surface area contributed by atoms with Gasteiger partial charge in [-0.3, -0.25) is 9.88 Å². The van der Waals surface area contributed by atoms with Crippen molar-refractivity contribution in [3.05, 3.63) is 29.1 Å². The average molecular weight is 337 g/mol. The Morgan fingerprint density at radius 1 is 1.17 bits per heavy atom. The maximum atomic E-state index is 11.5. The lowest BCUT2D eigenvalue weighted by Gasteiger charge is -2.34. The molecule has 3 heterocycles. The number of rotatable bonds is 4. The Kier molecular flexibility index (Phi) is 5.04. The first-order valence-electron chi connectivity index (χ1n) is 8.53. The molecule has 0 bridgehead atoms. The zero-order valence-corrected chi connectivity index (χ0v) is 14.9. The van der Waals surface area contributed by atoms with Gasteiger partial charge in [-0.25, -0.2) is 8.42 Å². The molecule has 5 nitrogen and oxygen atoms in total. The molecule has 1 atom stereocenters. The van der Waals surface area contributed by atoms with Crippen LogP contribution in [0, 0.1) is 13.8 Å². The quantitative estimate of drug-likeness (QED) is 0.901. The molecule has 0 aromatic carbocycles. The third-order valence-corrected chi connectivity index (χ3v) is 6.79. The summed E-state index contributed by atoms with van der Waals surface area (Å²) in [6.07, 6.45) is 2.96. The lowest BCUT2D eigenvalue weighted by Crippen LogP contribution is -2.46. The van der Waals surface area contributed by atoms with Crippen LogP contribution in [-0.2, 0) is 16.4 Å². The van der Waals surface area contributed by atoms with Crippen LogP contribution in [0.5, 0.6) is 0 Å². The second-order valence-corrected chi connectivity index (χ2v) is 9.24. The third-order valence-electron chi connectivity index (χ3n) is 5.02. The van der Waals surface area contributed by atoms with E-state index in [-0.39, 0.29) is 6.04 Å². The summed E-state index contributed by atoms with van der Waals surface area (Å²) in [5.41, 5.74) is 3.51. The molecule has 0 aliphatic carbocycles. The van der Waals surface area contributed by atoms with E-state index in [0.29, 0.717) is 17.5 Å². The van der Waals surface area contributed by atoms with E-state index in [1.807, 2.05) is 6.92 Å². The molecule has 1 N–H and O–H groups in total. The Labute approximate surface area is 139 Å². The molecule has 1 aromatic rings. The van der Waals surface area contributed by atoms with Crippen molar-refractivity contribution in [3.8, 4) is 0 Å². The van der Waals surface area contributed by atoms with Crippen LogP contribution in [0.15, 0.2) is 12.1 Å². The molecule has 23 heavy (non-hydrogen) atoms. The van der Waals surface area contributed by atoms with Crippen LogP contribution in [0.25, 0.3) is 0 Å². The summed E-state index contributed by atoms with van der Waals surface area (Å²) >= 11 is 0. The molecule has 2 saturated heterocycles. The molecule has 2 aliphatic heterocycles. The van der Waals surface area contributed by atoms with Gasteiger partial charge in [-0.05, 0) is 57.8 Å². The Bertz CT molecular complexity index is 652. The van der Waals surface area contributed by atoms with E-state index in [1.54, 1.807) is 0 Å². The zero-order chi connectivity index (χ0) is 16.4. The fraction of sp³-hybridized carbons (Fsp3) is 0.706. The minimum atomic E-state index is -2.79. The van der Waals surface area contributed by atoms with E-state index >= 15 is 0 Å². The van der Waals surface area contributed by atoms with E-state index < -0.39 is 9.84 Å². The molecule has 2 aliphatic rings. The van der Waals surface area contributed by atoms with Crippen molar-refractivity contribution >= 4 is 9.84 Å². The van der Waals surface area contributed by atoms with Gasteiger partial charge in [0.25, 0.3) is 0 Å². The molecule has 3 rings (SSSR count). The number of aryl methyl sites for hydroxylation is 2. The van der Waals surface area contributed by atoms with Crippen molar-refractivity contribution < 1.29 is 8.42 Å². The first-order valence-corrected chi connectivity index (χ1v) is 10.4. The maximum Gasteiger partial charge on any atom is 0.151 e. The number of pyridine rings is 1. The number of hydrogen-bond donors (Lipinski definition) is 1. The van der Waals surface area contributed by atoms with E-state index in [1.165, 1.54) is 5.56 Å². The van der Waals surface area contributed by atoms with Crippen molar-refractivity contribution in [2.45, 2.75) is 51.7 Å². The Hall–Kier alpha value is -0.980. The summed E-state index contributed by atoms with van der Waals surface area (Å²) in [4.78, 5) is 7.02. The first kappa shape index (κ1) is 16.9. The van der Waals surface area contributed by atoms with E-state index in [2.05, 4.69) is 34.3 Å². The van der Waals surface area contributed by atoms with Crippen LogP contribution >= 0.6 is 0 Å². The van der Waals surface area contributed by atoms with Gasteiger partial charge in [-0.1, -0.05) is 6.07 Å². The molecule has 2 fully saturated rings. The van der Waals surface area contributed by atoms with Gasteiger partial charge in [-0.15, -0.1) is 0 Å². The largest absolute Gasteiger partial charge is 0.310 e. The number of likely N-dealkylation sites (tertiary alicyclic amines) is 1. The van der Waals surface area contributed by atoms with Crippen molar-refractivity contribution in [2.75, 3.05) is 24.6 Å². The summed E-state index contributed by atoms with van der Waals surface area (Å²) in [6.45, 7) is 7.19. The zero-order valence-electron chi connectivity index (χ0n) is 14.1. The summed E-state index contributed by atoms with van der Waals surface area (Å²) in [7, 11) is -2.79. The van der Waals surface area contributed by atoms with Crippen LogP contribution in [-0.4, -0.2) is 55.0 Å². The highest BCUT2D eigenvalue weighted by Crippen LogP contribution is 2.18. The maximum absolute atomic E-state index is 11.5. The number of nitrogens with zero attached hydrogens (tertiary/aromatic N) is 2. The topological polar surface area (TPSA) is 62.3 Å². The number of nitrogens with one attached hydrogen (secondary N) is 1. The third kappa shape index (κ3) is 4.52. The van der Waals surface area contributed by atoms with Crippen LogP contribution in [0.2, 0.25) is 0 Å². The molecule has 0 spiro atoms. The monoisotopic (exact) mass is 337 g/mol. The number of piperidine rings is 1. The normalized spacial score (nSPS) is 25.7. The predicted molar refractivity (Wildman–Crippen MR) is 92.2 cm³/mol. The van der Waals surface area contributed by atoms with Crippen molar-refractivity contribution in [3.63, 3.8) is 0 Å². The minimum absolute atomic E-state index is 0.167. The Morgan fingerprint density at radius 3 is 2.52 bits per heavy atom. The van der Waals surface area contributed by atoms with Crippen molar-refractivity contribution in [2.24, 2.45) is 0 Å². The molecule has 128 valence electrons. The molecule has 0 amide bonds. The van der Waals surface area contributed by atoms with E-state index in [0.717, 1.165) is 50.3 Å². The highest BCUT2D eigenvalue weighted by molar-refractivity contribution is 7.91. The minimum Gasteiger partial charge on any atom is -0.310 e. The molecule has 0 saturated carbocycles. The second-order valence-electron chi connectivity index (χ2n) is 7.01. The Morgan fingerprint density at radius 2 is 1.91 bits per heavy atom. The van der Waals surface area contributed by atoms with Crippen LogP contribution < -0.4 is 5.32 Å². The standard InChI is InChI=1S/C17H27N3O2S/c1-13-3-4-15(14(2)18-13)11-20-8-5-16(6-9-20)19-17-7-10-23(21,22)12-17/h3-4,16-17,19H,5-12H2,1-2H3. The van der Waals surface area contributed by atoms with E-state index in [9.17, 15) is 8.42 Å². The smallest absolute Gasteiger partial charge is 0.151 e.